The maximum Gasteiger partial charge on any atom is 0.420 e. The zero-order chi connectivity index (χ0) is 22.7. The van der Waals surface area contributed by atoms with Crippen molar-refractivity contribution in [3.05, 3.63) is 11.8 Å². The third kappa shape index (κ3) is 6.37. The average Bonchev–Trinajstić information content (AvgIpc) is 3.00. The summed E-state index contributed by atoms with van der Waals surface area (Å²) in [5, 5.41) is 3.38. The van der Waals surface area contributed by atoms with Gasteiger partial charge >= 0.3 is 18.2 Å². The van der Waals surface area contributed by atoms with Crippen LogP contribution in [0.25, 0.3) is 0 Å². The molecule has 0 aromatic carbocycles. The Morgan fingerprint density at radius 2 is 1.57 bits per heavy atom. The highest BCUT2D eigenvalue weighted by Crippen LogP contribution is 2.37. The van der Waals surface area contributed by atoms with E-state index in [1.54, 1.807) is 41.5 Å². The van der Waals surface area contributed by atoms with Gasteiger partial charge in [0.05, 0.1) is 7.11 Å². The second-order valence-electron chi connectivity index (χ2n) is 9.96. The van der Waals surface area contributed by atoms with Crippen molar-refractivity contribution in [2.75, 3.05) is 7.11 Å². The van der Waals surface area contributed by atoms with Gasteiger partial charge < -0.3 is 19.5 Å². The molecule has 1 N–H and O–H groups in total. The number of ether oxygens (including phenoxy) is 3. The molecule has 8 nitrogen and oxygen atoms in total. The van der Waals surface area contributed by atoms with Gasteiger partial charge in [-0.05, 0) is 66.2 Å². The smallest absolute Gasteiger partial charge is 0.420 e. The maximum atomic E-state index is 13.0. The Morgan fingerprint density at radius 1 is 1.03 bits per heavy atom. The van der Waals surface area contributed by atoms with Crippen LogP contribution in [0.3, 0.4) is 0 Å². The summed E-state index contributed by atoms with van der Waals surface area (Å²) in [4.78, 5) is 39.4. The molecule has 1 heterocycles. The van der Waals surface area contributed by atoms with Gasteiger partial charge in [0, 0.05) is 18.4 Å². The molecule has 0 aromatic heterocycles. The number of nitrogens with zero attached hydrogens (tertiary/aromatic N) is 1. The predicted molar refractivity (Wildman–Crippen MR) is 112 cm³/mol. The normalized spacial score (nSPS) is 22.2. The number of carbonyl (C=O) groups excluding carboxylic acids is 3. The number of hydrogen-bond donors (Lipinski definition) is 1. The zero-order valence-corrected chi connectivity index (χ0v) is 19.2. The minimum atomic E-state index is -1.17. The lowest BCUT2D eigenvalue weighted by atomic mass is 9.80. The van der Waals surface area contributed by atoms with Gasteiger partial charge in [-0.25, -0.2) is 14.4 Å². The van der Waals surface area contributed by atoms with Crippen LogP contribution in [0.1, 0.15) is 73.6 Å². The lowest BCUT2D eigenvalue weighted by Gasteiger charge is -2.33. The standard InChI is InChI=1S/C22H36N2O6/c1-21(2,3)29-19(26)24(20(27)30-22(4,5)6)17(18(25)28-7)12-14-13-23-16-11-9-8-10-15(14)16/h13,15-17,23H,8-12H2,1-7H3/t15?,16?,17-/m1/s1. The van der Waals surface area contributed by atoms with Crippen molar-refractivity contribution in [3.8, 4) is 0 Å². The average molecular weight is 425 g/mol. The molecule has 170 valence electrons. The molecule has 30 heavy (non-hydrogen) atoms. The Kier molecular flexibility index (Phi) is 7.42. The highest BCUT2D eigenvalue weighted by Gasteiger charge is 2.43. The topological polar surface area (TPSA) is 94.2 Å². The molecular formula is C22H36N2O6. The van der Waals surface area contributed by atoms with E-state index < -0.39 is 35.4 Å². The SMILES string of the molecule is COC(=O)[C@@H](CC1=CNC2CCCCC12)N(C(=O)OC(C)(C)C)C(=O)OC(C)(C)C. The molecule has 1 aliphatic heterocycles. The van der Waals surface area contributed by atoms with E-state index in [-0.39, 0.29) is 12.3 Å². The van der Waals surface area contributed by atoms with Crippen molar-refractivity contribution >= 4 is 18.2 Å². The van der Waals surface area contributed by atoms with Crippen LogP contribution >= 0.6 is 0 Å². The third-order valence-electron chi connectivity index (χ3n) is 5.12. The summed E-state index contributed by atoms with van der Waals surface area (Å²) >= 11 is 0. The number of esters is 1. The predicted octanol–water partition coefficient (Wildman–Crippen LogP) is 4.14. The summed E-state index contributed by atoms with van der Waals surface area (Å²) in [7, 11) is 1.24. The van der Waals surface area contributed by atoms with Crippen molar-refractivity contribution in [2.45, 2.75) is 96.9 Å². The summed E-state index contributed by atoms with van der Waals surface area (Å²) in [6.07, 6.45) is 4.59. The van der Waals surface area contributed by atoms with E-state index in [0.717, 1.165) is 36.2 Å². The first-order valence-corrected chi connectivity index (χ1v) is 10.6. The molecule has 1 aliphatic carbocycles. The lowest BCUT2D eigenvalue weighted by Crippen LogP contribution is -2.52. The first-order chi connectivity index (χ1) is 13.8. The Balaban J connectivity index is 2.34. The Morgan fingerprint density at radius 3 is 2.07 bits per heavy atom. The largest absolute Gasteiger partial charge is 0.467 e. The van der Waals surface area contributed by atoms with Gasteiger partial charge in [-0.15, -0.1) is 0 Å². The van der Waals surface area contributed by atoms with Crippen molar-refractivity contribution in [1.29, 1.82) is 0 Å². The molecule has 2 aliphatic rings. The molecule has 0 aromatic rings. The third-order valence-corrected chi connectivity index (χ3v) is 5.12. The zero-order valence-electron chi connectivity index (χ0n) is 19.2. The second kappa shape index (κ2) is 9.27. The number of rotatable bonds is 4. The molecule has 0 spiro atoms. The molecule has 8 heteroatoms. The van der Waals surface area contributed by atoms with Gasteiger partial charge in [0.2, 0.25) is 0 Å². The number of imide groups is 1. The van der Waals surface area contributed by atoms with Gasteiger partial charge in [0.15, 0.2) is 0 Å². The van der Waals surface area contributed by atoms with E-state index in [1.807, 2.05) is 6.20 Å². The fraction of sp³-hybridized carbons (Fsp3) is 0.773. The van der Waals surface area contributed by atoms with Crippen LogP contribution in [-0.4, -0.2) is 53.5 Å². The summed E-state index contributed by atoms with van der Waals surface area (Å²) in [5.41, 5.74) is -0.686. The molecule has 0 bridgehead atoms. The minimum absolute atomic E-state index is 0.180. The van der Waals surface area contributed by atoms with Crippen LogP contribution in [0.5, 0.6) is 0 Å². The van der Waals surface area contributed by atoms with Crippen molar-refractivity contribution in [2.24, 2.45) is 5.92 Å². The molecule has 0 saturated heterocycles. The lowest BCUT2D eigenvalue weighted by molar-refractivity contribution is -0.146. The second-order valence-corrected chi connectivity index (χ2v) is 9.96. The quantitative estimate of drug-likeness (QED) is 0.535. The first kappa shape index (κ1) is 24.0. The summed E-state index contributed by atoms with van der Waals surface area (Å²) in [6.45, 7) is 10.2. The van der Waals surface area contributed by atoms with E-state index in [0.29, 0.717) is 6.04 Å². The Bertz CT molecular complexity index is 661. The van der Waals surface area contributed by atoms with Gasteiger partial charge in [-0.1, -0.05) is 12.8 Å². The van der Waals surface area contributed by atoms with Gasteiger partial charge in [0.1, 0.15) is 17.2 Å². The molecule has 2 amide bonds. The molecule has 2 rings (SSSR count). The van der Waals surface area contributed by atoms with Crippen molar-refractivity contribution in [1.82, 2.24) is 10.2 Å². The summed E-state index contributed by atoms with van der Waals surface area (Å²) in [5.74, 6) is -0.406. The van der Waals surface area contributed by atoms with Crippen LogP contribution in [-0.2, 0) is 19.0 Å². The number of hydrogen-bond acceptors (Lipinski definition) is 7. The van der Waals surface area contributed by atoms with E-state index in [4.69, 9.17) is 14.2 Å². The summed E-state index contributed by atoms with van der Waals surface area (Å²) < 4.78 is 15.8. The number of carbonyl (C=O) groups is 3. The molecule has 3 atom stereocenters. The Labute approximate surface area is 179 Å². The number of fused-ring (bicyclic) bond motifs is 1. The van der Waals surface area contributed by atoms with Gasteiger partial charge in [-0.2, -0.15) is 4.90 Å². The van der Waals surface area contributed by atoms with E-state index in [9.17, 15) is 14.4 Å². The van der Waals surface area contributed by atoms with E-state index >= 15 is 0 Å². The molecule has 0 radical (unpaired) electrons. The van der Waals surface area contributed by atoms with Crippen LogP contribution in [0.2, 0.25) is 0 Å². The number of methoxy groups -OCH3 is 1. The van der Waals surface area contributed by atoms with Crippen molar-refractivity contribution in [3.63, 3.8) is 0 Å². The van der Waals surface area contributed by atoms with Gasteiger partial charge in [-0.3, -0.25) is 0 Å². The van der Waals surface area contributed by atoms with Crippen LogP contribution < -0.4 is 5.32 Å². The highest BCUT2D eigenvalue weighted by atomic mass is 16.6. The van der Waals surface area contributed by atoms with E-state index in [2.05, 4.69) is 5.32 Å². The molecule has 1 saturated carbocycles. The molecule has 2 unspecified atom stereocenters. The monoisotopic (exact) mass is 424 g/mol. The molecule has 1 fully saturated rings. The van der Waals surface area contributed by atoms with Crippen LogP contribution in [0, 0.1) is 5.92 Å². The minimum Gasteiger partial charge on any atom is -0.467 e. The first-order valence-electron chi connectivity index (χ1n) is 10.6. The number of amides is 2. The Hall–Kier alpha value is -2.25. The summed E-state index contributed by atoms with van der Waals surface area (Å²) in [6, 6.07) is -0.836. The van der Waals surface area contributed by atoms with Crippen LogP contribution in [0.4, 0.5) is 9.59 Å². The molecular weight excluding hydrogens is 388 g/mol. The van der Waals surface area contributed by atoms with Gasteiger partial charge in [0.25, 0.3) is 0 Å². The fourth-order valence-electron chi connectivity index (χ4n) is 3.90. The van der Waals surface area contributed by atoms with E-state index in [1.165, 1.54) is 7.11 Å². The highest BCUT2D eigenvalue weighted by molar-refractivity contribution is 5.94. The number of nitrogens with one attached hydrogen (secondary N) is 1. The van der Waals surface area contributed by atoms with Crippen LogP contribution in [0.15, 0.2) is 11.8 Å². The maximum absolute atomic E-state index is 13.0. The van der Waals surface area contributed by atoms with Crippen molar-refractivity contribution < 1.29 is 28.6 Å². The fourth-order valence-corrected chi connectivity index (χ4v) is 3.90.